The lowest BCUT2D eigenvalue weighted by molar-refractivity contribution is -0.127. The molecule has 0 aliphatic carbocycles. The fraction of sp³-hybridized carbons (Fsp3) is 0.312. The van der Waals surface area contributed by atoms with Crippen molar-refractivity contribution in [2.45, 2.75) is 19.8 Å². The normalized spacial score (nSPS) is 14.3. The van der Waals surface area contributed by atoms with Gasteiger partial charge in [-0.1, -0.05) is 5.16 Å². The second kappa shape index (κ2) is 6.38. The summed E-state index contributed by atoms with van der Waals surface area (Å²) in [5.41, 5.74) is -0.0406. The molecule has 8 heteroatoms. The molecule has 0 unspecified atom stereocenters. The van der Waals surface area contributed by atoms with Gasteiger partial charge in [0.05, 0.1) is 0 Å². The first-order valence-electron chi connectivity index (χ1n) is 7.43. The summed E-state index contributed by atoms with van der Waals surface area (Å²) >= 11 is 0. The Kier molecular flexibility index (Phi) is 4.28. The number of aryl methyl sites for hydroxylation is 1. The zero-order valence-corrected chi connectivity index (χ0v) is 13.0. The molecule has 0 spiro atoms. The van der Waals surface area contributed by atoms with E-state index < -0.39 is 17.5 Å². The van der Waals surface area contributed by atoms with Crippen LogP contribution < -0.4 is 4.90 Å². The van der Waals surface area contributed by atoms with E-state index in [-0.39, 0.29) is 24.0 Å². The maximum absolute atomic E-state index is 13.4. The highest BCUT2D eigenvalue weighted by Gasteiger charge is 2.28. The van der Waals surface area contributed by atoms with E-state index in [9.17, 15) is 18.4 Å². The first kappa shape index (κ1) is 16.1. The average Bonchev–Trinajstić information content (AvgIpc) is 3.15. The summed E-state index contributed by atoms with van der Waals surface area (Å²) in [6, 6.07) is 4.43. The van der Waals surface area contributed by atoms with Crippen molar-refractivity contribution in [3.05, 3.63) is 47.2 Å². The van der Waals surface area contributed by atoms with Crippen LogP contribution in [0.4, 0.5) is 14.6 Å². The maximum atomic E-state index is 13.4. The molecule has 0 N–H and O–H groups in total. The predicted molar refractivity (Wildman–Crippen MR) is 80.2 cm³/mol. The van der Waals surface area contributed by atoms with Gasteiger partial charge in [0.15, 0.2) is 17.5 Å². The molecule has 1 aromatic heterocycles. The Morgan fingerprint density at radius 2 is 2.12 bits per heavy atom. The van der Waals surface area contributed by atoms with Gasteiger partial charge in [-0.3, -0.25) is 14.5 Å². The molecule has 0 atom stereocenters. The Morgan fingerprint density at radius 1 is 1.33 bits per heavy atom. The number of anilines is 1. The van der Waals surface area contributed by atoms with Crippen molar-refractivity contribution in [1.29, 1.82) is 0 Å². The van der Waals surface area contributed by atoms with Crippen molar-refractivity contribution < 1.29 is 22.9 Å². The molecule has 24 heavy (non-hydrogen) atoms. The number of benzene rings is 1. The number of amides is 2. The van der Waals surface area contributed by atoms with Gasteiger partial charge in [0.1, 0.15) is 12.4 Å². The van der Waals surface area contributed by atoms with Crippen molar-refractivity contribution in [2.75, 3.05) is 18.1 Å². The molecule has 1 aromatic carbocycles. The zero-order chi connectivity index (χ0) is 17.3. The first-order chi connectivity index (χ1) is 11.5. The van der Waals surface area contributed by atoms with Crippen LogP contribution in [0.15, 0.2) is 28.8 Å². The van der Waals surface area contributed by atoms with Gasteiger partial charge < -0.3 is 9.42 Å². The van der Waals surface area contributed by atoms with Crippen LogP contribution in [0.5, 0.6) is 0 Å². The number of carbonyl (C=O) groups is 2. The molecule has 2 heterocycles. The summed E-state index contributed by atoms with van der Waals surface area (Å²) in [5, 5.41) is 3.79. The number of hydrogen-bond donors (Lipinski definition) is 0. The van der Waals surface area contributed by atoms with Gasteiger partial charge in [0, 0.05) is 24.6 Å². The van der Waals surface area contributed by atoms with Crippen molar-refractivity contribution in [1.82, 2.24) is 10.1 Å². The van der Waals surface area contributed by atoms with Crippen LogP contribution in [0.2, 0.25) is 0 Å². The molecule has 0 bridgehead atoms. The van der Waals surface area contributed by atoms with Gasteiger partial charge in [-0.25, -0.2) is 8.78 Å². The number of nitrogens with zero attached hydrogens (tertiary/aromatic N) is 3. The molecule has 2 amide bonds. The summed E-state index contributed by atoms with van der Waals surface area (Å²) in [6.07, 6.45) is 1.13. The van der Waals surface area contributed by atoms with Crippen LogP contribution in [-0.2, 0) is 4.79 Å². The molecule has 6 nitrogen and oxygen atoms in total. The topological polar surface area (TPSA) is 66.7 Å². The molecule has 1 aliphatic rings. The molecular weight excluding hydrogens is 320 g/mol. The summed E-state index contributed by atoms with van der Waals surface area (Å²) in [5.74, 6) is -2.12. The van der Waals surface area contributed by atoms with Gasteiger partial charge in [-0.05, 0) is 31.5 Å². The van der Waals surface area contributed by atoms with E-state index in [0.717, 1.165) is 12.1 Å². The largest absolute Gasteiger partial charge is 0.360 e. The number of rotatable bonds is 4. The Balaban J connectivity index is 1.92. The number of likely N-dealkylation sites (tertiary alicyclic amines) is 1. The zero-order valence-electron chi connectivity index (χ0n) is 13.0. The quantitative estimate of drug-likeness (QED) is 0.861. The lowest BCUT2D eigenvalue weighted by Crippen LogP contribution is -2.42. The van der Waals surface area contributed by atoms with Gasteiger partial charge in [-0.2, -0.15) is 0 Å². The molecule has 0 radical (unpaired) electrons. The van der Waals surface area contributed by atoms with Gasteiger partial charge >= 0.3 is 0 Å². The molecule has 1 saturated heterocycles. The molecular formula is C16H15F2N3O3. The Bertz CT molecular complexity index is 791. The molecule has 1 aliphatic heterocycles. The van der Waals surface area contributed by atoms with E-state index in [1.54, 1.807) is 13.0 Å². The van der Waals surface area contributed by atoms with E-state index >= 15 is 0 Å². The van der Waals surface area contributed by atoms with E-state index in [4.69, 9.17) is 4.52 Å². The van der Waals surface area contributed by atoms with Gasteiger partial charge in [0.2, 0.25) is 5.91 Å². The van der Waals surface area contributed by atoms with Crippen LogP contribution in [0.3, 0.4) is 0 Å². The van der Waals surface area contributed by atoms with E-state index in [2.05, 4.69) is 5.16 Å². The molecule has 3 rings (SSSR count). The maximum Gasteiger partial charge on any atom is 0.261 e. The van der Waals surface area contributed by atoms with Crippen molar-refractivity contribution >= 4 is 17.6 Å². The number of aromatic nitrogens is 1. The fourth-order valence-electron chi connectivity index (χ4n) is 2.53. The third-order valence-corrected chi connectivity index (χ3v) is 3.79. The average molecular weight is 335 g/mol. The number of halogens is 2. The van der Waals surface area contributed by atoms with Crippen molar-refractivity contribution in [2.24, 2.45) is 0 Å². The molecule has 0 saturated carbocycles. The van der Waals surface area contributed by atoms with Crippen LogP contribution in [0, 0.1) is 18.6 Å². The Hall–Kier alpha value is -2.77. The van der Waals surface area contributed by atoms with Crippen LogP contribution in [0.25, 0.3) is 0 Å². The smallest absolute Gasteiger partial charge is 0.261 e. The third-order valence-electron chi connectivity index (χ3n) is 3.79. The standard InChI is InChI=1S/C16H15F2N3O3/c1-10-7-14(19-24-10)21(9-20-6-2-3-15(20)22)16(23)11-4-5-12(17)13(18)8-11/h4-5,7-8H,2-3,6,9H2,1H3. The summed E-state index contributed by atoms with van der Waals surface area (Å²) in [7, 11) is 0. The minimum absolute atomic E-state index is 0.0252. The van der Waals surface area contributed by atoms with Crippen molar-refractivity contribution in [3.63, 3.8) is 0 Å². The highest BCUT2D eigenvalue weighted by atomic mass is 19.2. The second-order valence-corrected chi connectivity index (χ2v) is 5.56. The van der Waals surface area contributed by atoms with E-state index in [1.165, 1.54) is 15.9 Å². The van der Waals surface area contributed by atoms with Gasteiger partial charge in [-0.15, -0.1) is 0 Å². The minimum atomic E-state index is -1.12. The van der Waals surface area contributed by atoms with E-state index in [0.29, 0.717) is 25.1 Å². The predicted octanol–water partition coefficient (Wildman–Crippen LogP) is 2.49. The summed E-state index contributed by atoms with van der Waals surface area (Å²) in [6.45, 7) is 2.16. The highest BCUT2D eigenvalue weighted by Crippen LogP contribution is 2.21. The van der Waals surface area contributed by atoms with E-state index in [1.807, 2.05) is 0 Å². The third kappa shape index (κ3) is 3.12. The molecule has 126 valence electrons. The first-order valence-corrected chi connectivity index (χ1v) is 7.43. The fourth-order valence-corrected chi connectivity index (χ4v) is 2.53. The molecule has 2 aromatic rings. The summed E-state index contributed by atoms with van der Waals surface area (Å²) in [4.78, 5) is 27.3. The van der Waals surface area contributed by atoms with Crippen LogP contribution >= 0.6 is 0 Å². The van der Waals surface area contributed by atoms with Gasteiger partial charge in [0.25, 0.3) is 5.91 Å². The lowest BCUT2D eigenvalue weighted by atomic mass is 10.2. The number of hydrogen-bond acceptors (Lipinski definition) is 4. The lowest BCUT2D eigenvalue weighted by Gasteiger charge is -2.25. The van der Waals surface area contributed by atoms with Crippen LogP contribution in [-0.4, -0.2) is 35.1 Å². The second-order valence-electron chi connectivity index (χ2n) is 5.56. The minimum Gasteiger partial charge on any atom is -0.360 e. The van der Waals surface area contributed by atoms with Crippen LogP contribution in [0.1, 0.15) is 29.0 Å². The number of carbonyl (C=O) groups excluding carboxylic acids is 2. The SMILES string of the molecule is Cc1cc(N(CN2CCCC2=O)C(=O)c2ccc(F)c(F)c2)no1. The Morgan fingerprint density at radius 3 is 2.71 bits per heavy atom. The van der Waals surface area contributed by atoms with Crippen molar-refractivity contribution in [3.8, 4) is 0 Å². The Labute approximate surface area is 136 Å². The monoisotopic (exact) mass is 335 g/mol. The summed E-state index contributed by atoms with van der Waals surface area (Å²) < 4.78 is 31.5. The molecule has 1 fully saturated rings. The highest BCUT2D eigenvalue weighted by molar-refractivity contribution is 6.05.